The number of anilines is 2. The van der Waals surface area contributed by atoms with E-state index in [1.165, 1.54) is 32.4 Å². The second-order valence-corrected chi connectivity index (χ2v) is 7.05. The lowest BCUT2D eigenvalue weighted by molar-refractivity contribution is -0.120. The number of ether oxygens (including phenoxy) is 2. The number of hydrogen-bond donors (Lipinski definition) is 2. The Bertz CT molecular complexity index is 920. The third-order valence-electron chi connectivity index (χ3n) is 4.84. The molecule has 0 spiro atoms. The molecule has 3 rings (SSSR count). The van der Waals surface area contributed by atoms with Gasteiger partial charge in [-0.05, 0) is 55.2 Å². The number of rotatable bonds is 8. The number of carbonyl (C=O) groups excluding carboxylic acids is 2. The molecule has 1 heterocycles. The Morgan fingerprint density at radius 3 is 2.60 bits per heavy atom. The summed E-state index contributed by atoms with van der Waals surface area (Å²) < 4.78 is 10.6. The average molecular weight is 409 g/mol. The molecule has 2 aromatic rings. The van der Waals surface area contributed by atoms with Gasteiger partial charge in [0.1, 0.15) is 0 Å². The van der Waals surface area contributed by atoms with Crippen LogP contribution in [0, 0.1) is 0 Å². The molecule has 0 atom stereocenters. The van der Waals surface area contributed by atoms with Crippen molar-refractivity contribution in [1.82, 2.24) is 0 Å². The first-order valence-electron chi connectivity index (χ1n) is 9.99. The normalized spacial score (nSPS) is 13.8. The van der Waals surface area contributed by atoms with E-state index in [2.05, 4.69) is 10.2 Å². The maximum Gasteiger partial charge on any atom is 0.255 e. The minimum absolute atomic E-state index is 0.215. The van der Waals surface area contributed by atoms with E-state index in [9.17, 15) is 9.59 Å². The van der Waals surface area contributed by atoms with Crippen LogP contribution in [0.1, 0.15) is 24.8 Å². The van der Waals surface area contributed by atoms with Gasteiger partial charge in [0, 0.05) is 19.2 Å². The molecule has 30 heavy (non-hydrogen) atoms. The van der Waals surface area contributed by atoms with Crippen LogP contribution >= 0.6 is 0 Å². The van der Waals surface area contributed by atoms with Crippen LogP contribution in [0.25, 0.3) is 6.08 Å². The second kappa shape index (κ2) is 10.3. The van der Waals surface area contributed by atoms with E-state index in [4.69, 9.17) is 15.2 Å². The van der Waals surface area contributed by atoms with Gasteiger partial charge in [0.25, 0.3) is 5.91 Å². The molecule has 1 fully saturated rings. The molecule has 2 amide bonds. The number of methoxy groups -OCH3 is 1. The quantitative estimate of drug-likeness (QED) is 0.653. The number of hydrogen-bond acceptors (Lipinski definition) is 5. The van der Waals surface area contributed by atoms with Crippen LogP contribution in [0.5, 0.6) is 11.5 Å². The number of benzene rings is 2. The van der Waals surface area contributed by atoms with Crippen molar-refractivity contribution in [3.63, 3.8) is 0 Å². The summed E-state index contributed by atoms with van der Waals surface area (Å²) in [7, 11) is 1.50. The minimum atomic E-state index is -0.567. The molecule has 7 heteroatoms. The van der Waals surface area contributed by atoms with Crippen molar-refractivity contribution in [2.24, 2.45) is 5.73 Å². The highest BCUT2D eigenvalue weighted by Gasteiger charge is 2.15. The summed E-state index contributed by atoms with van der Waals surface area (Å²) in [5.41, 5.74) is 7.72. The van der Waals surface area contributed by atoms with Crippen LogP contribution in [0.2, 0.25) is 0 Å². The summed E-state index contributed by atoms with van der Waals surface area (Å²) >= 11 is 0. The topological polar surface area (TPSA) is 93.9 Å². The molecule has 7 nitrogen and oxygen atoms in total. The van der Waals surface area contributed by atoms with E-state index in [0.29, 0.717) is 11.5 Å². The van der Waals surface area contributed by atoms with Crippen molar-refractivity contribution in [2.45, 2.75) is 19.3 Å². The Balaban J connectivity index is 1.67. The molecule has 3 N–H and O–H groups in total. The summed E-state index contributed by atoms with van der Waals surface area (Å²) in [6, 6.07) is 13.0. The highest BCUT2D eigenvalue weighted by Crippen LogP contribution is 2.29. The predicted octanol–water partition coefficient (Wildman–Crippen LogP) is 3.20. The molecule has 0 aromatic heterocycles. The molecule has 1 aliphatic heterocycles. The van der Waals surface area contributed by atoms with Crippen LogP contribution in [-0.4, -0.2) is 38.6 Å². The molecule has 1 aliphatic rings. The molecule has 0 saturated carbocycles. The third-order valence-corrected chi connectivity index (χ3v) is 4.84. The highest BCUT2D eigenvalue weighted by molar-refractivity contribution is 6.03. The Labute approximate surface area is 176 Å². The lowest BCUT2D eigenvalue weighted by atomic mass is 10.1. The van der Waals surface area contributed by atoms with E-state index in [1.54, 1.807) is 24.3 Å². The van der Waals surface area contributed by atoms with Gasteiger partial charge in [-0.1, -0.05) is 18.2 Å². The van der Waals surface area contributed by atoms with Gasteiger partial charge in [0.15, 0.2) is 18.1 Å². The highest BCUT2D eigenvalue weighted by atomic mass is 16.5. The second-order valence-electron chi connectivity index (χ2n) is 7.05. The lowest BCUT2D eigenvalue weighted by Gasteiger charge is -2.30. The maximum absolute atomic E-state index is 12.5. The van der Waals surface area contributed by atoms with Gasteiger partial charge < -0.3 is 25.4 Å². The van der Waals surface area contributed by atoms with Crippen LogP contribution < -0.4 is 25.4 Å². The molecule has 0 bridgehead atoms. The predicted molar refractivity (Wildman–Crippen MR) is 118 cm³/mol. The largest absolute Gasteiger partial charge is 0.493 e. The first-order chi connectivity index (χ1) is 14.6. The average Bonchev–Trinajstić information content (AvgIpc) is 2.77. The fraction of sp³-hybridized carbons (Fsp3) is 0.304. The van der Waals surface area contributed by atoms with E-state index < -0.39 is 5.91 Å². The standard InChI is InChI=1S/C23H27N3O4/c1-29-21-15-17(9-11-20(21)30-16-22(24)27)10-12-23(28)25-18-7-3-4-8-19(18)26-13-5-2-6-14-26/h3-4,7-12,15H,2,5-6,13-14,16H2,1H3,(H2,24,27)(H,25,28)/b12-10+. The summed E-state index contributed by atoms with van der Waals surface area (Å²) in [5, 5.41) is 2.98. The van der Waals surface area contributed by atoms with Gasteiger partial charge in [-0.3, -0.25) is 9.59 Å². The maximum atomic E-state index is 12.5. The fourth-order valence-corrected chi connectivity index (χ4v) is 3.39. The molecule has 0 radical (unpaired) electrons. The zero-order valence-electron chi connectivity index (χ0n) is 17.1. The summed E-state index contributed by atoms with van der Waals surface area (Å²) in [6.45, 7) is 1.78. The zero-order valence-corrected chi connectivity index (χ0v) is 17.1. The van der Waals surface area contributed by atoms with Crippen LogP contribution in [0.4, 0.5) is 11.4 Å². The van der Waals surface area contributed by atoms with E-state index >= 15 is 0 Å². The van der Waals surface area contributed by atoms with Gasteiger partial charge in [-0.2, -0.15) is 0 Å². The van der Waals surface area contributed by atoms with Gasteiger partial charge in [-0.15, -0.1) is 0 Å². The Kier molecular flexibility index (Phi) is 7.32. The number of carbonyl (C=O) groups is 2. The van der Waals surface area contributed by atoms with Crippen molar-refractivity contribution < 1.29 is 19.1 Å². The third kappa shape index (κ3) is 5.76. The number of primary amides is 1. The summed E-state index contributed by atoms with van der Waals surface area (Å²) in [5.74, 6) is 0.0811. The van der Waals surface area contributed by atoms with Crippen molar-refractivity contribution in [3.8, 4) is 11.5 Å². The molecule has 158 valence electrons. The van der Waals surface area contributed by atoms with Crippen molar-refractivity contribution in [2.75, 3.05) is 37.0 Å². The monoisotopic (exact) mass is 409 g/mol. The fourth-order valence-electron chi connectivity index (χ4n) is 3.39. The number of para-hydroxylation sites is 2. The summed E-state index contributed by atoms with van der Waals surface area (Å²) in [6.07, 6.45) is 6.76. The van der Waals surface area contributed by atoms with Gasteiger partial charge in [0.2, 0.25) is 5.91 Å². The number of nitrogens with two attached hydrogens (primary N) is 1. The Morgan fingerprint density at radius 2 is 1.87 bits per heavy atom. The smallest absolute Gasteiger partial charge is 0.255 e. The molecule has 2 aromatic carbocycles. The van der Waals surface area contributed by atoms with E-state index in [1.807, 2.05) is 24.3 Å². The van der Waals surface area contributed by atoms with Crippen molar-refractivity contribution in [3.05, 3.63) is 54.1 Å². The Morgan fingerprint density at radius 1 is 1.10 bits per heavy atom. The first-order valence-corrected chi connectivity index (χ1v) is 9.99. The number of nitrogens with one attached hydrogen (secondary N) is 1. The molecule has 1 saturated heterocycles. The minimum Gasteiger partial charge on any atom is -0.493 e. The van der Waals surface area contributed by atoms with Gasteiger partial charge >= 0.3 is 0 Å². The molecule has 0 unspecified atom stereocenters. The van der Waals surface area contributed by atoms with E-state index in [-0.39, 0.29) is 12.5 Å². The zero-order chi connectivity index (χ0) is 21.3. The van der Waals surface area contributed by atoms with Gasteiger partial charge in [0.05, 0.1) is 18.5 Å². The van der Waals surface area contributed by atoms with Crippen LogP contribution in [0.3, 0.4) is 0 Å². The lowest BCUT2D eigenvalue weighted by Crippen LogP contribution is -2.30. The number of piperidine rings is 1. The van der Waals surface area contributed by atoms with E-state index in [0.717, 1.165) is 30.0 Å². The SMILES string of the molecule is COc1cc(/C=C/C(=O)Nc2ccccc2N2CCCCC2)ccc1OCC(N)=O. The number of amides is 2. The molecular formula is C23H27N3O4. The molecule has 0 aliphatic carbocycles. The first kappa shape index (κ1) is 21.2. The van der Waals surface area contributed by atoms with Gasteiger partial charge in [-0.25, -0.2) is 0 Å². The van der Waals surface area contributed by atoms with Crippen LogP contribution in [0.15, 0.2) is 48.5 Å². The molecular weight excluding hydrogens is 382 g/mol. The van der Waals surface area contributed by atoms with Crippen molar-refractivity contribution in [1.29, 1.82) is 0 Å². The number of nitrogens with zero attached hydrogens (tertiary/aromatic N) is 1. The summed E-state index contributed by atoms with van der Waals surface area (Å²) in [4.78, 5) is 25.7. The Hall–Kier alpha value is -3.48. The van der Waals surface area contributed by atoms with Crippen molar-refractivity contribution >= 4 is 29.3 Å². The van der Waals surface area contributed by atoms with Crippen LogP contribution in [-0.2, 0) is 9.59 Å².